The fourth-order valence-corrected chi connectivity index (χ4v) is 4.55. The number of rotatable bonds is 7. The van der Waals surface area contributed by atoms with E-state index in [1.54, 1.807) is 0 Å². The number of benzene rings is 1. The van der Waals surface area contributed by atoms with E-state index < -0.39 is 0 Å². The van der Waals surface area contributed by atoms with Crippen LogP contribution in [0.25, 0.3) is 0 Å². The molecule has 142 valence electrons. The molecule has 5 nitrogen and oxygen atoms in total. The van der Waals surface area contributed by atoms with Gasteiger partial charge in [-0.15, -0.1) is 11.8 Å². The first-order valence-corrected chi connectivity index (χ1v) is 10.6. The first-order chi connectivity index (χ1) is 12.6. The lowest BCUT2D eigenvalue weighted by Gasteiger charge is -2.30. The van der Waals surface area contributed by atoms with Crippen LogP contribution in [-0.2, 0) is 9.59 Å². The summed E-state index contributed by atoms with van der Waals surface area (Å²) in [6.07, 6.45) is 4.95. The zero-order chi connectivity index (χ0) is 18.4. The Morgan fingerprint density at radius 1 is 1.27 bits per heavy atom. The highest BCUT2D eigenvalue weighted by Gasteiger charge is 2.28. The molecule has 2 heterocycles. The predicted octanol–water partition coefficient (Wildman–Crippen LogP) is 3.12. The molecule has 1 unspecified atom stereocenters. The van der Waals surface area contributed by atoms with Gasteiger partial charge in [-0.3, -0.25) is 9.59 Å². The summed E-state index contributed by atoms with van der Waals surface area (Å²) in [6.45, 7) is 6.57. The minimum atomic E-state index is -0.347. The van der Waals surface area contributed by atoms with Gasteiger partial charge in [0.1, 0.15) is 0 Å². The number of carbonyl (C=O) groups excluding carboxylic acids is 2. The molecule has 2 amide bonds. The summed E-state index contributed by atoms with van der Waals surface area (Å²) in [5, 5.41) is 5.51. The Labute approximate surface area is 160 Å². The van der Waals surface area contributed by atoms with Gasteiger partial charge in [0.2, 0.25) is 11.8 Å². The molecule has 1 aromatic carbocycles. The third-order valence-corrected chi connectivity index (χ3v) is 6.45. The molecule has 1 aromatic rings. The van der Waals surface area contributed by atoms with Gasteiger partial charge >= 0.3 is 0 Å². The Morgan fingerprint density at radius 2 is 2.04 bits per heavy atom. The van der Waals surface area contributed by atoms with E-state index in [1.807, 2.05) is 24.3 Å². The fraction of sp³-hybridized carbons (Fsp3) is 0.600. The van der Waals surface area contributed by atoms with E-state index in [9.17, 15) is 9.59 Å². The summed E-state index contributed by atoms with van der Waals surface area (Å²) in [5.41, 5.74) is 0.839. The van der Waals surface area contributed by atoms with Crippen LogP contribution in [0.15, 0.2) is 29.2 Å². The second-order valence-corrected chi connectivity index (χ2v) is 8.62. The lowest BCUT2D eigenvalue weighted by Crippen LogP contribution is -2.36. The Balaban J connectivity index is 1.31. The van der Waals surface area contributed by atoms with Crippen LogP contribution in [0.5, 0.6) is 0 Å². The predicted molar refractivity (Wildman–Crippen MR) is 106 cm³/mol. The number of carbonyl (C=O) groups is 2. The van der Waals surface area contributed by atoms with Gasteiger partial charge in [0.15, 0.2) is 0 Å². The van der Waals surface area contributed by atoms with Crippen molar-refractivity contribution in [3.63, 3.8) is 0 Å². The van der Waals surface area contributed by atoms with E-state index >= 15 is 0 Å². The third kappa shape index (κ3) is 5.48. The number of hydrogen-bond donors (Lipinski definition) is 2. The average molecular weight is 376 g/mol. The van der Waals surface area contributed by atoms with Crippen LogP contribution in [0.3, 0.4) is 0 Å². The van der Waals surface area contributed by atoms with Crippen LogP contribution in [0.4, 0.5) is 5.69 Å². The Morgan fingerprint density at radius 3 is 2.85 bits per heavy atom. The quantitative estimate of drug-likeness (QED) is 0.719. The molecule has 0 spiro atoms. The maximum absolute atomic E-state index is 12.2. The van der Waals surface area contributed by atoms with Gasteiger partial charge in [0, 0.05) is 17.9 Å². The Bertz CT molecular complexity index is 629. The maximum atomic E-state index is 12.2. The highest BCUT2D eigenvalue weighted by molar-refractivity contribution is 8.01. The van der Waals surface area contributed by atoms with E-state index in [0.29, 0.717) is 6.54 Å². The number of hydrogen-bond acceptors (Lipinski definition) is 4. The largest absolute Gasteiger partial charge is 0.356 e. The van der Waals surface area contributed by atoms with Gasteiger partial charge in [0.25, 0.3) is 0 Å². The standard InChI is InChI=1S/C20H29N3O2S/c1-15-8-12-23(13-9-15)11-5-4-10-21-19(24)14-18-20(25)22-16-6-2-3-7-17(16)26-18/h2-3,6-7,15,18H,4-5,8-14H2,1H3,(H,21,24)(H,22,25). The number of para-hydroxylation sites is 1. The van der Waals surface area contributed by atoms with Gasteiger partial charge in [-0.1, -0.05) is 19.1 Å². The summed E-state index contributed by atoms with van der Waals surface area (Å²) in [6, 6.07) is 7.71. The highest BCUT2D eigenvalue weighted by atomic mass is 32.2. The molecule has 2 aliphatic heterocycles. The van der Waals surface area contributed by atoms with Crippen molar-refractivity contribution in [2.45, 2.75) is 49.2 Å². The number of unbranched alkanes of at least 4 members (excludes halogenated alkanes) is 1. The van der Waals surface area contributed by atoms with Crippen molar-refractivity contribution in [3.8, 4) is 0 Å². The minimum Gasteiger partial charge on any atom is -0.356 e. The molecular formula is C20H29N3O2S. The maximum Gasteiger partial charge on any atom is 0.238 e. The van der Waals surface area contributed by atoms with Gasteiger partial charge in [-0.2, -0.15) is 0 Å². The molecule has 2 aliphatic rings. The molecule has 6 heteroatoms. The zero-order valence-corrected chi connectivity index (χ0v) is 16.3. The lowest BCUT2D eigenvalue weighted by atomic mass is 9.99. The van der Waals surface area contributed by atoms with Crippen LogP contribution in [0.1, 0.15) is 39.0 Å². The van der Waals surface area contributed by atoms with Gasteiger partial charge < -0.3 is 15.5 Å². The second-order valence-electron chi connectivity index (χ2n) is 7.38. The summed E-state index contributed by atoms with van der Waals surface area (Å²) < 4.78 is 0. The van der Waals surface area contributed by atoms with E-state index in [-0.39, 0.29) is 23.5 Å². The average Bonchev–Trinajstić information content (AvgIpc) is 2.63. The Hall–Kier alpha value is -1.53. The van der Waals surface area contributed by atoms with E-state index in [2.05, 4.69) is 22.5 Å². The summed E-state index contributed by atoms with van der Waals surface area (Å²) in [5.74, 6) is 0.749. The lowest BCUT2D eigenvalue weighted by molar-refractivity contribution is -0.124. The van der Waals surface area contributed by atoms with Crippen LogP contribution in [0.2, 0.25) is 0 Å². The topological polar surface area (TPSA) is 61.4 Å². The normalized spacial score (nSPS) is 21.1. The molecule has 1 saturated heterocycles. The molecule has 26 heavy (non-hydrogen) atoms. The number of likely N-dealkylation sites (tertiary alicyclic amines) is 1. The summed E-state index contributed by atoms with van der Waals surface area (Å²) in [4.78, 5) is 27.9. The Kier molecular flexibility index (Phi) is 6.97. The first kappa shape index (κ1) is 19.2. The molecular weight excluding hydrogens is 346 g/mol. The number of thioether (sulfide) groups is 1. The molecule has 1 atom stereocenters. The molecule has 0 radical (unpaired) electrons. The summed E-state index contributed by atoms with van der Waals surface area (Å²) in [7, 11) is 0. The van der Waals surface area contributed by atoms with E-state index in [0.717, 1.165) is 35.9 Å². The molecule has 2 N–H and O–H groups in total. The van der Waals surface area contributed by atoms with Crippen molar-refractivity contribution in [1.82, 2.24) is 10.2 Å². The zero-order valence-electron chi connectivity index (χ0n) is 15.5. The monoisotopic (exact) mass is 375 g/mol. The minimum absolute atomic E-state index is 0.0381. The second kappa shape index (κ2) is 9.42. The molecule has 3 rings (SSSR count). The van der Waals surface area contributed by atoms with Crippen molar-refractivity contribution in [2.24, 2.45) is 5.92 Å². The number of nitrogens with one attached hydrogen (secondary N) is 2. The highest BCUT2D eigenvalue weighted by Crippen LogP contribution is 2.36. The fourth-order valence-electron chi connectivity index (χ4n) is 3.44. The van der Waals surface area contributed by atoms with Crippen LogP contribution < -0.4 is 10.6 Å². The third-order valence-electron chi connectivity index (χ3n) is 5.18. The van der Waals surface area contributed by atoms with Crippen LogP contribution in [-0.4, -0.2) is 48.1 Å². The van der Waals surface area contributed by atoms with Gasteiger partial charge in [-0.25, -0.2) is 0 Å². The molecule has 0 saturated carbocycles. The first-order valence-electron chi connectivity index (χ1n) is 9.67. The van der Waals surface area contributed by atoms with Gasteiger partial charge in [0.05, 0.1) is 10.9 Å². The van der Waals surface area contributed by atoms with Crippen molar-refractivity contribution in [3.05, 3.63) is 24.3 Å². The number of fused-ring (bicyclic) bond motifs is 1. The number of anilines is 1. The summed E-state index contributed by atoms with van der Waals surface area (Å²) >= 11 is 1.48. The van der Waals surface area contributed by atoms with E-state index in [4.69, 9.17) is 0 Å². The molecule has 0 aromatic heterocycles. The molecule has 0 aliphatic carbocycles. The number of amides is 2. The number of nitrogens with zero attached hydrogens (tertiary/aromatic N) is 1. The molecule has 1 fully saturated rings. The SMILES string of the molecule is CC1CCN(CCCCNC(=O)CC2Sc3ccccc3NC2=O)CC1. The van der Waals surface area contributed by atoms with Gasteiger partial charge in [-0.05, 0) is 63.4 Å². The molecule has 0 bridgehead atoms. The van der Waals surface area contributed by atoms with E-state index in [1.165, 1.54) is 37.7 Å². The van der Waals surface area contributed by atoms with Crippen molar-refractivity contribution < 1.29 is 9.59 Å². The van der Waals surface area contributed by atoms with Crippen molar-refractivity contribution in [2.75, 3.05) is 31.5 Å². The number of piperidine rings is 1. The smallest absolute Gasteiger partial charge is 0.238 e. The van der Waals surface area contributed by atoms with Crippen molar-refractivity contribution in [1.29, 1.82) is 0 Å². The van der Waals surface area contributed by atoms with Crippen LogP contribution in [0, 0.1) is 5.92 Å². The van der Waals surface area contributed by atoms with Crippen LogP contribution >= 0.6 is 11.8 Å². The van der Waals surface area contributed by atoms with Crippen molar-refractivity contribution >= 4 is 29.3 Å².